The van der Waals surface area contributed by atoms with Crippen LogP contribution in [0.25, 0.3) is 10.9 Å². The first kappa shape index (κ1) is 14.8. The summed E-state index contributed by atoms with van der Waals surface area (Å²) in [4.78, 5) is 4.61. The Hall–Kier alpha value is -1.72. The number of nitrogens with one attached hydrogen (secondary N) is 2. The molecule has 0 atom stereocenters. The molecule has 0 bridgehead atoms. The smallest absolute Gasteiger partial charge is 0.191 e. The van der Waals surface area contributed by atoms with Crippen LogP contribution >= 0.6 is 11.6 Å². The van der Waals surface area contributed by atoms with E-state index in [0.717, 1.165) is 50.3 Å². The van der Waals surface area contributed by atoms with Crippen molar-refractivity contribution in [2.75, 3.05) is 32.8 Å². The number of aryl methyl sites for hydroxylation is 1. The lowest BCUT2D eigenvalue weighted by Gasteiger charge is -2.42. The Labute approximate surface area is 140 Å². The van der Waals surface area contributed by atoms with Crippen molar-refractivity contribution in [3.8, 4) is 0 Å². The van der Waals surface area contributed by atoms with Gasteiger partial charge >= 0.3 is 0 Å². The lowest BCUT2D eigenvalue weighted by Crippen LogP contribution is -2.58. The lowest BCUT2D eigenvalue weighted by molar-refractivity contribution is -0.104. The zero-order chi connectivity index (χ0) is 15.9. The normalized spacial score (nSPS) is 19.3. The average Bonchev–Trinajstić information content (AvgIpc) is 2.82. The summed E-state index contributed by atoms with van der Waals surface area (Å²) in [6.45, 7) is 4.32. The summed E-state index contributed by atoms with van der Waals surface area (Å²) in [6, 6.07) is 6.07. The Morgan fingerprint density at radius 2 is 2.30 bits per heavy atom. The highest BCUT2D eigenvalue weighted by Gasteiger charge is 2.40. The monoisotopic (exact) mass is 332 g/mol. The van der Waals surface area contributed by atoms with Crippen molar-refractivity contribution in [1.29, 1.82) is 0 Å². The fourth-order valence-corrected chi connectivity index (χ4v) is 3.45. The summed E-state index contributed by atoms with van der Waals surface area (Å²) < 4.78 is 7.43. The average molecular weight is 333 g/mol. The molecular formula is C17H21ClN4O. The highest BCUT2D eigenvalue weighted by atomic mass is 35.5. The van der Waals surface area contributed by atoms with Gasteiger partial charge in [0.2, 0.25) is 0 Å². The minimum atomic E-state index is 0.250. The summed E-state index contributed by atoms with van der Waals surface area (Å²) in [7, 11) is 2.06. The van der Waals surface area contributed by atoms with Crippen molar-refractivity contribution in [1.82, 2.24) is 15.2 Å². The van der Waals surface area contributed by atoms with Gasteiger partial charge in [0.05, 0.1) is 25.2 Å². The quantitative estimate of drug-likeness (QED) is 0.903. The van der Waals surface area contributed by atoms with E-state index < -0.39 is 0 Å². The minimum Gasteiger partial charge on any atom is -0.380 e. The molecule has 3 heterocycles. The molecule has 2 aliphatic rings. The van der Waals surface area contributed by atoms with E-state index in [9.17, 15) is 0 Å². The van der Waals surface area contributed by atoms with Crippen LogP contribution < -0.4 is 10.6 Å². The Morgan fingerprint density at radius 1 is 1.43 bits per heavy atom. The molecule has 5 nitrogen and oxygen atoms in total. The largest absolute Gasteiger partial charge is 0.380 e. The molecule has 1 saturated heterocycles. The summed E-state index contributed by atoms with van der Waals surface area (Å²) in [5.41, 5.74) is 2.75. The maximum atomic E-state index is 6.09. The number of fused-ring (bicyclic) bond motifs is 1. The number of ether oxygens (including phenoxy) is 1. The number of halogens is 1. The van der Waals surface area contributed by atoms with Crippen LogP contribution in [0.5, 0.6) is 0 Å². The molecule has 2 N–H and O–H groups in total. The van der Waals surface area contributed by atoms with Crippen LogP contribution in [0.15, 0.2) is 29.4 Å². The first-order chi connectivity index (χ1) is 11.2. The Kier molecular flexibility index (Phi) is 3.70. The predicted octanol–water partition coefficient (Wildman–Crippen LogP) is 1.94. The van der Waals surface area contributed by atoms with Crippen LogP contribution in [0, 0.1) is 5.41 Å². The summed E-state index contributed by atoms with van der Waals surface area (Å²) in [5.74, 6) is 0.908. The van der Waals surface area contributed by atoms with Crippen molar-refractivity contribution < 1.29 is 4.74 Å². The van der Waals surface area contributed by atoms with E-state index in [0.29, 0.717) is 0 Å². The van der Waals surface area contributed by atoms with Crippen LogP contribution in [0.1, 0.15) is 5.56 Å². The molecule has 0 saturated carbocycles. The molecule has 0 radical (unpaired) electrons. The molecule has 1 spiro atoms. The number of hydrogen-bond donors (Lipinski definition) is 2. The first-order valence-electron chi connectivity index (χ1n) is 7.99. The highest BCUT2D eigenvalue weighted by Crippen LogP contribution is 2.28. The highest BCUT2D eigenvalue weighted by molar-refractivity contribution is 6.31. The van der Waals surface area contributed by atoms with Crippen molar-refractivity contribution >= 4 is 28.5 Å². The van der Waals surface area contributed by atoms with Crippen LogP contribution in [-0.2, 0) is 18.2 Å². The van der Waals surface area contributed by atoms with Crippen LogP contribution in [-0.4, -0.2) is 43.4 Å². The van der Waals surface area contributed by atoms with Gasteiger partial charge in [-0.25, -0.2) is 0 Å². The van der Waals surface area contributed by atoms with E-state index in [1.165, 1.54) is 16.5 Å². The Bertz CT molecular complexity index is 763. The number of nitrogens with zero attached hydrogens (tertiary/aromatic N) is 2. The van der Waals surface area contributed by atoms with Crippen molar-refractivity contribution in [3.05, 3.63) is 35.0 Å². The van der Waals surface area contributed by atoms with Gasteiger partial charge in [-0.05, 0) is 24.1 Å². The number of hydrogen-bond acceptors (Lipinski definition) is 4. The Balaban J connectivity index is 1.38. The van der Waals surface area contributed by atoms with E-state index >= 15 is 0 Å². The zero-order valence-corrected chi connectivity index (χ0v) is 14.0. The van der Waals surface area contributed by atoms with Crippen LogP contribution in [0.4, 0.5) is 0 Å². The van der Waals surface area contributed by atoms with E-state index in [-0.39, 0.29) is 5.41 Å². The second-order valence-electron chi connectivity index (χ2n) is 6.61. The molecule has 1 aromatic carbocycles. The van der Waals surface area contributed by atoms with E-state index in [4.69, 9.17) is 16.3 Å². The number of aromatic nitrogens is 1. The standard InChI is InChI=1S/C17H21ClN4O/c1-22-7-12(14-3-2-13(18)6-15(14)22)4-5-19-16-20-8-17(9-21-16)10-23-11-17/h2-3,6-7H,4-5,8-11H2,1H3,(H2,19,20,21). The molecule has 2 aliphatic heterocycles. The second kappa shape index (κ2) is 5.73. The fraction of sp³-hybridized carbons (Fsp3) is 0.471. The summed E-state index contributed by atoms with van der Waals surface area (Å²) in [6.07, 6.45) is 3.13. The van der Waals surface area contributed by atoms with E-state index in [2.05, 4.69) is 39.5 Å². The molecular weight excluding hydrogens is 312 g/mol. The van der Waals surface area contributed by atoms with Gasteiger partial charge in [-0.15, -0.1) is 0 Å². The van der Waals surface area contributed by atoms with Gasteiger partial charge in [-0.1, -0.05) is 17.7 Å². The molecule has 4 rings (SSSR count). The summed E-state index contributed by atoms with van der Waals surface area (Å²) >= 11 is 6.09. The van der Waals surface area contributed by atoms with Gasteiger partial charge in [0.25, 0.3) is 0 Å². The van der Waals surface area contributed by atoms with Gasteiger partial charge in [-0.3, -0.25) is 4.99 Å². The molecule has 2 aromatic rings. The van der Waals surface area contributed by atoms with E-state index in [1.54, 1.807) is 0 Å². The number of benzene rings is 1. The van der Waals surface area contributed by atoms with Gasteiger partial charge < -0.3 is 19.9 Å². The third kappa shape index (κ3) is 2.79. The first-order valence-corrected chi connectivity index (χ1v) is 8.36. The number of guanidine groups is 1. The third-order valence-electron chi connectivity index (χ3n) is 4.74. The lowest BCUT2D eigenvalue weighted by atomic mass is 9.85. The molecule has 23 heavy (non-hydrogen) atoms. The van der Waals surface area contributed by atoms with Gasteiger partial charge in [-0.2, -0.15) is 0 Å². The molecule has 1 aromatic heterocycles. The Morgan fingerprint density at radius 3 is 3.00 bits per heavy atom. The van der Waals surface area contributed by atoms with Crippen molar-refractivity contribution in [2.24, 2.45) is 17.5 Å². The third-order valence-corrected chi connectivity index (χ3v) is 4.98. The minimum absolute atomic E-state index is 0.250. The molecule has 0 aliphatic carbocycles. The maximum absolute atomic E-state index is 6.09. The van der Waals surface area contributed by atoms with Crippen molar-refractivity contribution in [2.45, 2.75) is 6.42 Å². The number of rotatable bonds is 3. The molecule has 6 heteroatoms. The van der Waals surface area contributed by atoms with Gasteiger partial charge in [0.1, 0.15) is 0 Å². The topological polar surface area (TPSA) is 50.6 Å². The van der Waals surface area contributed by atoms with Gasteiger partial charge in [0.15, 0.2) is 5.96 Å². The second-order valence-corrected chi connectivity index (χ2v) is 7.05. The van der Waals surface area contributed by atoms with Crippen molar-refractivity contribution in [3.63, 3.8) is 0 Å². The maximum Gasteiger partial charge on any atom is 0.191 e. The molecule has 1 fully saturated rings. The van der Waals surface area contributed by atoms with Gasteiger partial charge in [0, 0.05) is 42.3 Å². The summed E-state index contributed by atoms with van der Waals surface area (Å²) in [5, 5.41) is 8.83. The number of aliphatic imine (C=N–C) groups is 1. The van der Waals surface area contributed by atoms with Crippen LogP contribution in [0.3, 0.4) is 0 Å². The zero-order valence-electron chi connectivity index (χ0n) is 13.2. The van der Waals surface area contributed by atoms with Crippen LogP contribution in [0.2, 0.25) is 5.02 Å². The molecule has 0 unspecified atom stereocenters. The SMILES string of the molecule is Cn1cc(CCNC2=NCC3(CN2)COC3)c2ccc(Cl)cc21. The fourth-order valence-electron chi connectivity index (χ4n) is 3.29. The predicted molar refractivity (Wildman–Crippen MR) is 93.2 cm³/mol. The molecule has 0 amide bonds. The molecule has 122 valence electrons. The van der Waals surface area contributed by atoms with E-state index in [1.807, 2.05) is 12.1 Å².